The Morgan fingerprint density at radius 2 is 1.70 bits per heavy atom. The van der Waals surface area contributed by atoms with E-state index >= 15 is 0 Å². The zero-order valence-electron chi connectivity index (χ0n) is 11.8. The molecular formula is C15H22ClF3Si. The van der Waals surface area contributed by atoms with Crippen LogP contribution in [0.4, 0.5) is 12.3 Å². The Hall–Kier alpha value is -0.483. The summed E-state index contributed by atoms with van der Waals surface area (Å²) in [4.78, 5) is 0. The van der Waals surface area contributed by atoms with E-state index in [1.807, 2.05) is 24.3 Å². The molecule has 0 radical (unpaired) electrons. The van der Waals surface area contributed by atoms with E-state index in [0.29, 0.717) is 12.3 Å². The second kappa shape index (κ2) is 8.73. The van der Waals surface area contributed by atoms with Gasteiger partial charge in [-0.15, -0.1) is 11.6 Å². The highest BCUT2D eigenvalue weighted by Gasteiger charge is 2.39. The van der Waals surface area contributed by atoms with Crippen molar-refractivity contribution in [1.29, 1.82) is 0 Å². The summed E-state index contributed by atoms with van der Waals surface area (Å²) < 4.78 is 38.5. The summed E-state index contributed by atoms with van der Waals surface area (Å²) in [6, 6.07) is 6.68. The zero-order valence-corrected chi connectivity index (χ0v) is 13.6. The van der Waals surface area contributed by atoms with Crippen LogP contribution in [0.3, 0.4) is 0 Å². The number of hydrogen-bond donors (Lipinski definition) is 0. The van der Waals surface area contributed by atoms with Crippen LogP contribution < -0.4 is 0 Å². The third-order valence-electron chi connectivity index (χ3n) is 3.49. The smallest absolute Gasteiger partial charge is 0.238 e. The van der Waals surface area contributed by atoms with Gasteiger partial charge in [0.15, 0.2) is 0 Å². The molecule has 0 fully saturated rings. The monoisotopic (exact) mass is 322 g/mol. The lowest BCUT2D eigenvalue weighted by Crippen LogP contribution is -2.19. The van der Waals surface area contributed by atoms with Crippen LogP contribution in [0, 0.1) is 0 Å². The minimum absolute atomic E-state index is 0.372. The van der Waals surface area contributed by atoms with Gasteiger partial charge < -0.3 is 0 Å². The fraction of sp³-hybridized carbons (Fsp3) is 0.600. The van der Waals surface area contributed by atoms with Crippen LogP contribution in [0.25, 0.3) is 0 Å². The number of benzene rings is 1. The molecule has 5 heteroatoms. The lowest BCUT2D eigenvalue weighted by Gasteiger charge is -2.18. The van der Waals surface area contributed by atoms with E-state index in [2.05, 4.69) is 6.92 Å². The molecule has 20 heavy (non-hydrogen) atoms. The maximum absolute atomic E-state index is 12.8. The molecule has 0 aliphatic heterocycles. The van der Waals surface area contributed by atoms with Gasteiger partial charge in [-0.2, -0.15) is 0 Å². The summed E-state index contributed by atoms with van der Waals surface area (Å²) >= 11 is 5.71. The van der Waals surface area contributed by atoms with E-state index in [0.717, 1.165) is 36.8 Å². The Morgan fingerprint density at radius 1 is 1.05 bits per heavy atom. The molecule has 114 valence electrons. The fourth-order valence-corrected chi connectivity index (χ4v) is 3.54. The van der Waals surface area contributed by atoms with Gasteiger partial charge in [0.2, 0.25) is 0 Å². The first-order valence-corrected chi connectivity index (χ1v) is 9.55. The number of halogens is 4. The number of rotatable bonds is 9. The lowest BCUT2D eigenvalue weighted by molar-refractivity contribution is 0.444. The van der Waals surface area contributed by atoms with Crippen LogP contribution in [0.15, 0.2) is 24.3 Å². The second-order valence-corrected chi connectivity index (χ2v) is 7.15. The van der Waals surface area contributed by atoms with Crippen LogP contribution >= 0.6 is 11.6 Å². The van der Waals surface area contributed by atoms with E-state index < -0.39 is 15.1 Å². The van der Waals surface area contributed by atoms with Crippen LogP contribution in [0.1, 0.15) is 56.1 Å². The minimum Gasteiger partial charge on any atom is -0.238 e. The average Bonchev–Trinajstić information content (AvgIpc) is 2.41. The van der Waals surface area contributed by atoms with Crippen LogP contribution in [0.2, 0.25) is 6.04 Å². The molecule has 0 saturated heterocycles. The van der Waals surface area contributed by atoms with Crippen molar-refractivity contribution in [2.45, 2.75) is 56.9 Å². The molecule has 1 rings (SSSR count). The van der Waals surface area contributed by atoms with Gasteiger partial charge in [-0.25, -0.2) is 12.3 Å². The van der Waals surface area contributed by atoms with E-state index in [1.54, 1.807) is 0 Å². The Kier molecular flexibility index (Phi) is 7.67. The highest BCUT2D eigenvalue weighted by atomic mass is 35.5. The topological polar surface area (TPSA) is 0 Å². The standard InChI is InChI=1S/C15H22ClF3Si/c1-2-3-4-5-6-15(12-20(17,18)19)14-9-7-13(11-16)8-10-14/h7-10,15H,2-6,11-12H2,1H3. The highest BCUT2D eigenvalue weighted by Crippen LogP contribution is 2.33. The fourth-order valence-electron chi connectivity index (χ4n) is 2.36. The van der Waals surface area contributed by atoms with E-state index in [4.69, 9.17) is 11.6 Å². The summed E-state index contributed by atoms with van der Waals surface area (Å²) in [5.41, 5.74) is 1.75. The molecular weight excluding hydrogens is 301 g/mol. The third kappa shape index (κ3) is 6.80. The van der Waals surface area contributed by atoms with E-state index in [9.17, 15) is 12.3 Å². The zero-order chi connectivity index (χ0) is 15.0. The van der Waals surface area contributed by atoms with Crippen LogP contribution in [0.5, 0.6) is 0 Å². The average molecular weight is 323 g/mol. The molecule has 0 saturated carbocycles. The summed E-state index contributed by atoms with van der Waals surface area (Å²) in [7, 11) is -5.52. The van der Waals surface area contributed by atoms with Gasteiger partial charge >= 0.3 is 9.08 Å². The van der Waals surface area contributed by atoms with Crippen LogP contribution in [-0.4, -0.2) is 9.08 Å². The van der Waals surface area contributed by atoms with E-state index in [-0.39, 0.29) is 5.92 Å². The molecule has 0 aliphatic carbocycles. The molecule has 1 aromatic rings. The second-order valence-electron chi connectivity index (χ2n) is 5.24. The Labute approximate surface area is 125 Å². The maximum atomic E-state index is 12.8. The molecule has 0 aliphatic rings. The minimum atomic E-state index is -5.52. The third-order valence-corrected chi connectivity index (χ3v) is 4.75. The van der Waals surface area contributed by atoms with E-state index in [1.165, 1.54) is 0 Å². The van der Waals surface area contributed by atoms with Crippen molar-refractivity contribution in [2.24, 2.45) is 0 Å². The molecule has 0 spiro atoms. The van der Waals surface area contributed by atoms with Crippen molar-refractivity contribution in [1.82, 2.24) is 0 Å². The van der Waals surface area contributed by atoms with Gasteiger partial charge in [0, 0.05) is 11.9 Å². The number of unbranched alkanes of at least 4 members (excludes halogenated alkanes) is 3. The van der Waals surface area contributed by atoms with Crippen molar-refractivity contribution in [2.75, 3.05) is 0 Å². The Bertz CT molecular complexity index is 376. The van der Waals surface area contributed by atoms with Gasteiger partial charge in [0.1, 0.15) is 0 Å². The van der Waals surface area contributed by atoms with Crippen molar-refractivity contribution < 1.29 is 12.3 Å². The predicted octanol–water partition coefficient (Wildman–Crippen LogP) is 6.33. The summed E-state index contributed by atoms with van der Waals surface area (Å²) in [6.45, 7) is 2.10. The first-order chi connectivity index (χ1) is 9.46. The normalized spacial score (nSPS) is 13.4. The predicted molar refractivity (Wildman–Crippen MR) is 81.4 cm³/mol. The molecule has 0 nitrogen and oxygen atoms in total. The number of hydrogen-bond acceptors (Lipinski definition) is 0. The van der Waals surface area contributed by atoms with Crippen molar-refractivity contribution in [3.8, 4) is 0 Å². The summed E-state index contributed by atoms with van der Waals surface area (Å²) in [5, 5.41) is 0. The van der Waals surface area contributed by atoms with Gasteiger partial charge in [0.25, 0.3) is 0 Å². The van der Waals surface area contributed by atoms with Gasteiger partial charge in [-0.05, 0) is 23.5 Å². The quantitative estimate of drug-likeness (QED) is 0.216. The SMILES string of the molecule is CCCCCCC(C[Si](F)(F)F)c1ccc(CCl)cc1. The first kappa shape index (κ1) is 17.6. The van der Waals surface area contributed by atoms with Crippen LogP contribution in [-0.2, 0) is 5.88 Å². The molecule has 0 aromatic heterocycles. The Morgan fingerprint density at radius 3 is 2.20 bits per heavy atom. The van der Waals surface area contributed by atoms with Gasteiger partial charge in [-0.3, -0.25) is 0 Å². The molecule has 1 atom stereocenters. The van der Waals surface area contributed by atoms with Crippen molar-refractivity contribution in [3.63, 3.8) is 0 Å². The molecule has 1 unspecified atom stereocenters. The summed E-state index contributed by atoms with van der Waals surface area (Å²) in [6.07, 6.45) is 4.73. The largest absolute Gasteiger partial charge is 0.616 e. The lowest BCUT2D eigenvalue weighted by atomic mass is 9.94. The van der Waals surface area contributed by atoms with Gasteiger partial charge in [-0.1, -0.05) is 56.9 Å². The maximum Gasteiger partial charge on any atom is 0.616 e. The molecule has 0 amide bonds. The molecule has 1 aromatic carbocycles. The number of alkyl halides is 1. The first-order valence-electron chi connectivity index (χ1n) is 7.17. The molecule has 0 bridgehead atoms. The highest BCUT2D eigenvalue weighted by molar-refractivity contribution is 6.58. The molecule has 0 heterocycles. The van der Waals surface area contributed by atoms with Gasteiger partial charge in [0.05, 0.1) is 0 Å². The van der Waals surface area contributed by atoms with Crippen molar-refractivity contribution in [3.05, 3.63) is 35.4 Å². The molecule has 0 N–H and O–H groups in total. The van der Waals surface area contributed by atoms with Crippen molar-refractivity contribution >= 4 is 20.7 Å². The Balaban J connectivity index is 2.69. The summed E-state index contributed by atoms with van der Waals surface area (Å²) in [5.74, 6) is 0.0260.